The highest BCUT2D eigenvalue weighted by Crippen LogP contribution is 2.27. The van der Waals surface area contributed by atoms with Crippen molar-refractivity contribution < 1.29 is 22.6 Å². The van der Waals surface area contributed by atoms with E-state index in [1.807, 2.05) is 30.3 Å². The third-order valence-electron chi connectivity index (χ3n) is 4.24. The van der Waals surface area contributed by atoms with Crippen LogP contribution < -0.4 is 20.3 Å². The van der Waals surface area contributed by atoms with Gasteiger partial charge in [-0.2, -0.15) is 18.2 Å². The summed E-state index contributed by atoms with van der Waals surface area (Å²) < 4.78 is 48.9. The predicted molar refractivity (Wildman–Crippen MR) is 107 cm³/mol. The van der Waals surface area contributed by atoms with Crippen LogP contribution in [0.3, 0.4) is 0 Å². The van der Waals surface area contributed by atoms with E-state index >= 15 is 0 Å². The van der Waals surface area contributed by atoms with Gasteiger partial charge in [-0.15, -0.1) is 0 Å². The third kappa shape index (κ3) is 5.53. The van der Waals surface area contributed by atoms with Crippen molar-refractivity contribution in [1.29, 1.82) is 0 Å². The Hall–Kier alpha value is -3.49. The summed E-state index contributed by atoms with van der Waals surface area (Å²) in [5.74, 6) is 0.349. The zero-order valence-corrected chi connectivity index (χ0v) is 16.4. The van der Waals surface area contributed by atoms with Crippen molar-refractivity contribution in [3.63, 3.8) is 0 Å². The Morgan fingerprint density at radius 2 is 1.87 bits per heavy atom. The maximum atomic E-state index is 12.4. The lowest BCUT2D eigenvalue weighted by atomic mass is 10.2. The smallest absolute Gasteiger partial charge is 0.422 e. The number of alkyl halides is 3. The molecule has 9 heteroatoms. The van der Waals surface area contributed by atoms with Crippen molar-refractivity contribution in [3.8, 4) is 11.5 Å². The first-order valence-electron chi connectivity index (χ1n) is 9.02. The van der Waals surface area contributed by atoms with Crippen molar-refractivity contribution in [2.24, 2.45) is 0 Å². The highest BCUT2D eigenvalue weighted by atomic mass is 19.4. The van der Waals surface area contributed by atoms with E-state index in [-0.39, 0.29) is 17.4 Å². The second-order valence-electron chi connectivity index (χ2n) is 6.56. The summed E-state index contributed by atoms with van der Waals surface area (Å²) in [6.07, 6.45) is -2.91. The van der Waals surface area contributed by atoms with Gasteiger partial charge in [-0.3, -0.25) is 4.79 Å². The molecular formula is C21H20F3N3O3. The summed E-state index contributed by atoms with van der Waals surface area (Å²) in [4.78, 5) is 16.2. The molecule has 0 bridgehead atoms. The molecule has 3 aromatic rings. The zero-order valence-electron chi connectivity index (χ0n) is 16.4. The van der Waals surface area contributed by atoms with Gasteiger partial charge in [0, 0.05) is 11.8 Å². The van der Waals surface area contributed by atoms with Crippen LogP contribution >= 0.6 is 0 Å². The van der Waals surface area contributed by atoms with Gasteiger partial charge in [-0.25, -0.2) is 0 Å². The van der Waals surface area contributed by atoms with Crippen molar-refractivity contribution in [3.05, 3.63) is 76.2 Å². The normalized spacial score (nSPS) is 11.2. The Kier molecular flexibility index (Phi) is 6.29. The highest BCUT2D eigenvalue weighted by Gasteiger charge is 2.28. The summed E-state index contributed by atoms with van der Waals surface area (Å²) in [6, 6.07) is 14.0. The molecule has 0 fully saturated rings. The second kappa shape index (κ2) is 8.89. The first-order chi connectivity index (χ1) is 14.2. The van der Waals surface area contributed by atoms with Crippen LogP contribution in [0, 0.1) is 6.92 Å². The monoisotopic (exact) mass is 419 g/mol. The second-order valence-corrected chi connectivity index (χ2v) is 6.56. The Morgan fingerprint density at radius 3 is 2.53 bits per heavy atom. The third-order valence-corrected chi connectivity index (χ3v) is 4.24. The number of hydrogen-bond acceptors (Lipinski definition) is 5. The maximum absolute atomic E-state index is 12.4. The number of ether oxygens (including phenoxy) is 2. The molecular weight excluding hydrogens is 399 g/mol. The average Bonchev–Trinajstić information content (AvgIpc) is 2.70. The molecule has 0 unspecified atom stereocenters. The van der Waals surface area contributed by atoms with Gasteiger partial charge in [-0.1, -0.05) is 36.4 Å². The summed E-state index contributed by atoms with van der Waals surface area (Å²) in [7, 11) is 1.38. The summed E-state index contributed by atoms with van der Waals surface area (Å²) >= 11 is 0. The van der Waals surface area contributed by atoms with Gasteiger partial charge < -0.3 is 19.4 Å². The van der Waals surface area contributed by atoms with E-state index in [0.29, 0.717) is 12.2 Å². The molecule has 1 heterocycles. The summed E-state index contributed by atoms with van der Waals surface area (Å²) in [6.45, 7) is 0.782. The minimum atomic E-state index is -4.44. The molecule has 30 heavy (non-hydrogen) atoms. The Morgan fingerprint density at radius 1 is 1.13 bits per heavy atom. The van der Waals surface area contributed by atoms with E-state index in [0.717, 1.165) is 11.1 Å². The van der Waals surface area contributed by atoms with Gasteiger partial charge in [-0.05, 0) is 24.1 Å². The van der Waals surface area contributed by atoms with E-state index in [1.165, 1.54) is 25.4 Å². The molecule has 0 aliphatic heterocycles. The fourth-order valence-electron chi connectivity index (χ4n) is 2.73. The number of nitrogens with zero attached hydrogens (tertiary/aromatic N) is 2. The molecule has 0 aliphatic carbocycles. The van der Waals surface area contributed by atoms with Crippen molar-refractivity contribution >= 4 is 11.6 Å². The van der Waals surface area contributed by atoms with Gasteiger partial charge in [0.1, 0.15) is 5.75 Å². The van der Waals surface area contributed by atoms with E-state index < -0.39 is 18.3 Å². The predicted octanol–water partition coefficient (Wildman–Crippen LogP) is 4.29. The lowest BCUT2D eigenvalue weighted by Gasteiger charge is -2.17. The van der Waals surface area contributed by atoms with Gasteiger partial charge in [0.15, 0.2) is 6.61 Å². The van der Waals surface area contributed by atoms with Crippen molar-refractivity contribution in [1.82, 2.24) is 9.55 Å². The Labute approximate surface area is 170 Å². The zero-order chi connectivity index (χ0) is 21.7. The van der Waals surface area contributed by atoms with Crippen LogP contribution in [0.4, 0.5) is 24.8 Å². The highest BCUT2D eigenvalue weighted by molar-refractivity contribution is 5.61. The Bertz CT molecular complexity index is 1070. The van der Waals surface area contributed by atoms with Crippen LogP contribution in [0.15, 0.2) is 59.5 Å². The number of anilines is 2. The van der Waals surface area contributed by atoms with Crippen LogP contribution in [0.2, 0.25) is 0 Å². The molecule has 3 rings (SSSR count). The SMILES string of the molecule is COc1cn(Cc2ccccc2)c(Nc2cc(OCC(F)(F)F)ccc2C)nc1=O. The van der Waals surface area contributed by atoms with E-state index in [4.69, 9.17) is 9.47 Å². The number of benzene rings is 2. The molecule has 0 saturated carbocycles. The topological polar surface area (TPSA) is 65.4 Å². The molecule has 6 nitrogen and oxygen atoms in total. The van der Waals surface area contributed by atoms with Gasteiger partial charge >= 0.3 is 11.7 Å². The lowest BCUT2D eigenvalue weighted by Crippen LogP contribution is -2.20. The number of nitrogens with one attached hydrogen (secondary N) is 1. The largest absolute Gasteiger partial charge is 0.490 e. The van der Waals surface area contributed by atoms with Crippen LogP contribution in [0.25, 0.3) is 0 Å². The number of methoxy groups -OCH3 is 1. The standard InChI is InChI=1S/C21H20F3N3O3/c1-14-8-9-16(30-13-21(22,23)24)10-17(14)25-20-26-19(28)18(29-2)12-27(20)11-15-6-4-3-5-7-15/h3-10,12H,11,13H2,1-2H3,(H,25,26,28). The molecule has 0 spiro atoms. The molecule has 1 aromatic heterocycles. The molecule has 0 radical (unpaired) electrons. The van der Waals surface area contributed by atoms with Gasteiger partial charge in [0.25, 0.3) is 0 Å². The molecule has 0 atom stereocenters. The van der Waals surface area contributed by atoms with Crippen LogP contribution in [-0.2, 0) is 6.54 Å². The van der Waals surface area contributed by atoms with Crippen LogP contribution in [-0.4, -0.2) is 29.4 Å². The maximum Gasteiger partial charge on any atom is 0.422 e. The molecule has 0 saturated heterocycles. The summed E-state index contributed by atoms with van der Waals surface area (Å²) in [5, 5.41) is 3.03. The number of aromatic nitrogens is 2. The fourth-order valence-corrected chi connectivity index (χ4v) is 2.73. The number of rotatable bonds is 7. The van der Waals surface area contributed by atoms with Crippen molar-refractivity contribution in [2.45, 2.75) is 19.6 Å². The fraction of sp³-hybridized carbons (Fsp3) is 0.238. The molecule has 1 N–H and O–H groups in total. The average molecular weight is 419 g/mol. The molecule has 158 valence electrons. The van der Waals surface area contributed by atoms with Crippen molar-refractivity contribution in [2.75, 3.05) is 19.0 Å². The minimum absolute atomic E-state index is 0.0471. The minimum Gasteiger partial charge on any atom is -0.490 e. The number of aryl methyl sites for hydroxylation is 1. The molecule has 2 aromatic carbocycles. The van der Waals surface area contributed by atoms with Gasteiger partial charge in [0.05, 0.1) is 19.9 Å². The van der Waals surface area contributed by atoms with Gasteiger partial charge in [0.2, 0.25) is 11.7 Å². The Balaban J connectivity index is 1.93. The quantitative estimate of drug-likeness (QED) is 0.619. The lowest BCUT2D eigenvalue weighted by molar-refractivity contribution is -0.153. The van der Waals surface area contributed by atoms with Crippen LogP contribution in [0.5, 0.6) is 11.5 Å². The number of halogens is 3. The van der Waals surface area contributed by atoms with E-state index in [2.05, 4.69) is 10.3 Å². The van der Waals surface area contributed by atoms with E-state index in [1.54, 1.807) is 17.6 Å². The first-order valence-corrected chi connectivity index (χ1v) is 9.02. The first kappa shape index (κ1) is 21.2. The van der Waals surface area contributed by atoms with Crippen LogP contribution in [0.1, 0.15) is 11.1 Å². The number of hydrogen-bond donors (Lipinski definition) is 1. The van der Waals surface area contributed by atoms with E-state index in [9.17, 15) is 18.0 Å². The molecule has 0 aliphatic rings. The molecule has 0 amide bonds. The summed E-state index contributed by atoms with van der Waals surface area (Å²) in [5.41, 5.74) is 1.61.